The van der Waals surface area contributed by atoms with Gasteiger partial charge in [-0.05, 0) is 49.4 Å². The first-order chi connectivity index (χ1) is 14.0. The molecule has 0 aromatic heterocycles. The lowest BCUT2D eigenvalue weighted by Crippen LogP contribution is -2.23. The van der Waals surface area contributed by atoms with Crippen LogP contribution in [0.2, 0.25) is 0 Å². The van der Waals surface area contributed by atoms with Gasteiger partial charge in [-0.1, -0.05) is 15.9 Å². The number of carbonyl (C=O) groups is 2. The second-order valence-electron chi connectivity index (χ2n) is 6.25. The molecule has 2 N–H and O–H groups in total. The Kier molecular flexibility index (Phi) is 7.22. The summed E-state index contributed by atoms with van der Waals surface area (Å²) >= 11 is 4.90. The number of nitrogens with one attached hydrogen (secondary N) is 2. The van der Waals surface area contributed by atoms with E-state index in [1.807, 2.05) is 18.2 Å². The molecular formula is C21H21BrN2O4S. The molecule has 1 aliphatic rings. The van der Waals surface area contributed by atoms with Gasteiger partial charge in [0.05, 0.1) is 13.7 Å². The minimum absolute atomic E-state index is 0.203. The number of ether oxygens (including phenoxy) is 2. The van der Waals surface area contributed by atoms with Crippen LogP contribution in [0.4, 0.5) is 5.69 Å². The minimum Gasteiger partial charge on any atom is -0.496 e. The van der Waals surface area contributed by atoms with Gasteiger partial charge in [0, 0.05) is 33.6 Å². The summed E-state index contributed by atoms with van der Waals surface area (Å²) in [6.45, 7) is 2.74. The lowest BCUT2D eigenvalue weighted by Gasteiger charge is -2.17. The molecule has 0 bridgehead atoms. The minimum atomic E-state index is -0.209. The van der Waals surface area contributed by atoms with E-state index in [1.54, 1.807) is 38.3 Å². The maximum absolute atomic E-state index is 12.4. The Morgan fingerprint density at radius 2 is 1.93 bits per heavy atom. The molecular weight excluding hydrogens is 456 g/mol. The van der Waals surface area contributed by atoms with Crippen molar-refractivity contribution in [2.45, 2.75) is 13.5 Å². The normalized spacial score (nSPS) is 13.5. The molecule has 0 saturated carbocycles. The van der Waals surface area contributed by atoms with E-state index < -0.39 is 0 Å². The van der Waals surface area contributed by atoms with Gasteiger partial charge in [0.2, 0.25) is 0 Å². The smallest absolute Gasteiger partial charge is 0.265 e. The number of hydrogen-bond acceptors (Lipinski definition) is 5. The van der Waals surface area contributed by atoms with Crippen molar-refractivity contribution >= 4 is 45.2 Å². The molecule has 0 unspecified atom stereocenters. The summed E-state index contributed by atoms with van der Waals surface area (Å²) in [7, 11) is 1.59. The molecule has 2 aromatic rings. The van der Waals surface area contributed by atoms with E-state index in [4.69, 9.17) is 9.47 Å². The Morgan fingerprint density at radius 3 is 2.62 bits per heavy atom. The van der Waals surface area contributed by atoms with Crippen LogP contribution < -0.4 is 15.4 Å². The molecule has 0 aliphatic carbocycles. The first kappa shape index (κ1) is 21.3. The molecule has 1 heterocycles. The van der Waals surface area contributed by atoms with Gasteiger partial charge in [-0.3, -0.25) is 9.59 Å². The fourth-order valence-corrected chi connectivity index (χ4v) is 4.01. The van der Waals surface area contributed by atoms with Crippen molar-refractivity contribution in [2.75, 3.05) is 24.8 Å². The second kappa shape index (κ2) is 9.84. The van der Waals surface area contributed by atoms with Crippen molar-refractivity contribution in [2.24, 2.45) is 0 Å². The molecule has 0 saturated heterocycles. The molecule has 8 heteroatoms. The number of benzene rings is 2. The number of anilines is 1. The van der Waals surface area contributed by atoms with Crippen LogP contribution in [0.15, 0.2) is 57.6 Å². The highest BCUT2D eigenvalue weighted by Crippen LogP contribution is 2.27. The van der Waals surface area contributed by atoms with Gasteiger partial charge in [-0.25, -0.2) is 0 Å². The highest BCUT2D eigenvalue weighted by molar-refractivity contribution is 9.10. The van der Waals surface area contributed by atoms with Gasteiger partial charge in [0.1, 0.15) is 16.4 Å². The van der Waals surface area contributed by atoms with Crippen LogP contribution in [-0.2, 0) is 16.1 Å². The summed E-state index contributed by atoms with van der Waals surface area (Å²) in [6, 6.07) is 12.4. The Morgan fingerprint density at radius 1 is 1.17 bits per heavy atom. The largest absolute Gasteiger partial charge is 0.496 e. The number of thioether (sulfide) groups is 1. The zero-order chi connectivity index (χ0) is 20.8. The maximum atomic E-state index is 12.4. The highest BCUT2D eigenvalue weighted by Gasteiger charge is 2.19. The van der Waals surface area contributed by atoms with Crippen molar-refractivity contribution in [1.82, 2.24) is 5.32 Å². The van der Waals surface area contributed by atoms with Gasteiger partial charge < -0.3 is 20.1 Å². The summed E-state index contributed by atoms with van der Waals surface area (Å²) in [5, 5.41) is 5.72. The van der Waals surface area contributed by atoms with Crippen LogP contribution in [0.5, 0.6) is 5.75 Å². The average molecular weight is 477 g/mol. The first-order valence-electron chi connectivity index (χ1n) is 8.96. The Labute approximate surface area is 182 Å². The fraction of sp³-hybridized carbons (Fsp3) is 0.238. The number of amides is 2. The van der Waals surface area contributed by atoms with E-state index in [-0.39, 0.29) is 11.8 Å². The van der Waals surface area contributed by atoms with Crippen LogP contribution in [-0.4, -0.2) is 31.3 Å². The zero-order valence-electron chi connectivity index (χ0n) is 16.1. The standard InChI is InChI=1S/C21H21BrN2O4S/c1-13-19(29-10-9-28-13)21(26)24-17-6-3-14(4-7-17)20(25)23-12-15-11-16(22)5-8-18(15)27-2/h3-8,11H,9-10,12H2,1-2H3,(H,23,25)(H,24,26). The molecule has 0 radical (unpaired) electrons. The third kappa shape index (κ3) is 5.55. The van der Waals surface area contributed by atoms with Gasteiger partial charge in [-0.2, -0.15) is 0 Å². The number of halogens is 1. The van der Waals surface area contributed by atoms with Crippen molar-refractivity contribution in [1.29, 1.82) is 0 Å². The van der Waals surface area contributed by atoms with Gasteiger partial charge in [-0.15, -0.1) is 11.8 Å². The van der Waals surface area contributed by atoms with E-state index in [2.05, 4.69) is 26.6 Å². The van der Waals surface area contributed by atoms with E-state index in [9.17, 15) is 9.59 Å². The Hall–Kier alpha value is -2.45. The van der Waals surface area contributed by atoms with E-state index in [1.165, 1.54) is 11.8 Å². The Bertz CT molecular complexity index is 944. The summed E-state index contributed by atoms with van der Waals surface area (Å²) in [5.74, 6) is 1.69. The molecule has 0 atom stereocenters. The van der Waals surface area contributed by atoms with E-state index >= 15 is 0 Å². The van der Waals surface area contributed by atoms with Crippen LogP contribution in [0.25, 0.3) is 0 Å². The number of hydrogen-bond donors (Lipinski definition) is 2. The number of methoxy groups -OCH3 is 1. The average Bonchev–Trinajstić information content (AvgIpc) is 2.73. The predicted molar refractivity (Wildman–Crippen MR) is 118 cm³/mol. The number of allylic oxidation sites excluding steroid dienone is 1. The quantitative estimate of drug-likeness (QED) is 0.648. The maximum Gasteiger partial charge on any atom is 0.265 e. The zero-order valence-corrected chi connectivity index (χ0v) is 18.5. The number of carbonyl (C=O) groups excluding carboxylic acids is 2. The molecule has 2 amide bonds. The van der Waals surface area contributed by atoms with Crippen LogP contribution in [0.3, 0.4) is 0 Å². The molecule has 6 nitrogen and oxygen atoms in total. The third-order valence-electron chi connectivity index (χ3n) is 4.26. The van der Waals surface area contributed by atoms with Gasteiger partial charge in [0.25, 0.3) is 11.8 Å². The molecule has 0 fully saturated rings. The van der Waals surface area contributed by atoms with Crippen LogP contribution in [0.1, 0.15) is 22.8 Å². The van der Waals surface area contributed by atoms with E-state index in [0.29, 0.717) is 40.8 Å². The lowest BCUT2D eigenvalue weighted by molar-refractivity contribution is -0.112. The third-order valence-corrected chi connectivity index (χ3v) is 5.89. The molecule has 3 rings (SSSR count). The van der Waals surface area contributed by atoms with Gasteiger partial charge >= 0.3 is 0 Å². The van der Waals surface area contributed by atoms with Crippen molar-refractivity contribution in [3.63, 3.8) is 0 Å². The summed E-state index contributed by atoms with van der Waals surface area (Å²) in [4.78, 5) is 25.4. The van der Waals surface area contributed by atoms with E-state index in [0.717, 1.165) is 15.8 Å². The van der Waals surface area contributed by atoms with Crippen LogP contribution >= 0.6 is 27.7 Å². The van der Waals surface area contributed by atoms with Crippen LogP contribution in [0, 0.1) is 0 Å². The summed E-state index contributed by atoms with van der Waals surface area (Å²) in [5.41, 5.74) is 1.99. The SMILES string of the molecule is COc1ccc(Br)cc1CNC(=O)c1ccc(NC(=O)C2=C(C)OCCS2)cc1. The molecule has 0 spiro atoms. The molecule has 29 heavy (non-hydrogen) atoms. The fourth-order valence-electron chi connectivity index (χ4n) is 2.79. The lowest BCUT2D eigenvalue weighted by atomic mass is 10.1. The molecule has 1 aliphatic heterocycles. The second-order valence-corrected chi connectivity index (χ2v) is 8.27. The summed E-state index contributed by atoms with van der Waals surface area (Å²) in [6.07, 6.45) is 0. The highest BCUT2D eigenvalue weighted by atomic mass is 79.9. The summed E-state index contributed by atoms with van der Waals surface area (Å²) < 4.78 is 11.7. The van der Waals surface area contributed by atoms with Crippen molar-refractivity contribution in [3.8, 4) is 5.75 Å². The predicted octanol–water partition coefficient (Wildman–Crippen LogP) is 4.32. The topological polar surface area (TPSA) is 76.7 Å². The molecule has 2 aromatic carbocycles. The monoisotopic (exact) mass is 476 g/mol. The molecule has 152 valence electrons. The first-order valence-corrected chi connectivity index (χ1v) is 10.7. The van der Waals surface area contributed by atoms with Gasteiger partial charge in [0.15, 0.2) is 0 Å². The number of rotatable bonds is 6. The van der Waals surface area contributed by atoms with Crippen molar-refractivity contribution in [3.05, 3.63) is 68.7 Å². The Balaban J connectivity index is 1.60. The van der Waals surface area contributed by atoms with Crippen molar-refractivity contribution < 1.29 is 19.1 Å².